The van der Waals surface area contributed by atoms with Crippen molar-refractivity contribution >= 4 is 15.9 Å². The molecule has 1 aromatic rings. The number of halogens is 1. The molecule has 1 fully saturated rings. The Morgan fingerprint density at radius 3 is 2.75 bits per heavy atom. The summed E-state index contributed by atoms with van der Waals surface area (Å²) in [5.41, 5.74) is 1.42. The fourth-order valence-electron chi connectivity index (χ4n) is 2.08. The summed E-state index contributed by atoms with van der Waals surface area (Å²) in [7, 11) is 0. The molecule has 0 amide bonds. The molecule has 1 N–H and O–H groups in total. The van der Waals surface area contributed by atoms with E-state index >= 15 is 0 Å². The third-order valence-electron chi connectivity index (χ3n) is 3.19. The van der Waals surface area contributed by atoms with Gasteiger partial charge in [0.2, 0.25) is 0 Å². The Labute approximate surface area is 107 Å². The van der Waals surface area contributed by atoms with Gasteiger partial charge in [0.15, 0.2) is 0 Å². The minimum Gasteiger partial charge on any atom is -0.310 e. The van der Waals surface area contributed by atoms with Crippen LogP contribution in [0.4, 0.5) is 0 Å². The van der Waals surface area contributed by atoms with Crippen molar-refractivity contribution in [3.63, 3.8) is 0 Å². The molecule has 1 aliphatic rings. The van der Waals surface area contributed by atoms with Gasteiger partial charge in [0.25, 0.3) is 0 Å². The largest absolute Gasteiger partial charge is 0.310 e. The van der Waals surface area contributed by atoms with Crippen molar-refractivity contribution in [2.45, 2.75) is 38.6 Å². The Kier molecular flexibility index (Phi) is 4.42. The van der Waals surface area contributed by atoms with Crippen LogP contribution in [0.25, 0.3) is 0 Å². The highest BCUT2D eigenvalue weighted by Crippen LogP contribution is 2.39. The summed E-state index contributed by atoms with van der Waals surface area (Å²) in [6, 6.07) is 9.13. The van der Waals surface area contributed by atoms with Gasteiger partial charge in [-0.3, -0.25) is 0 Å². The van der Waals surface area contributed by atoms with Gasteiger partial charge in [0, 0.05) is 10.5 Å². The number of benzene rings is 1. The van der Waals surface area contributed by atoms with Crippen molar-refractivity contribution in [1.82, 2.24) is 5.32 Å². The van der Waals surface area contributed by atoms with Crippen LogP contribution >= 0.6 is 15.9 Å². The average molecular weight is 282 g/mol. The smallest absolute Gasteiger partial charge is 0.0334 e. The van der Waals surface area contributed by atoms with Crippen LogP contribution in [0.1, 0.15) is 44.2 Å². The normalized spacial score (nSPS) is 17.4. The van der Waals surface area contributed by atoms with E-state index in [1.165, 1.54) is 35.7 Å². The van der Waals surface area contributed by atoms with Gasteiger partial charge in [-0.05, 0) is 36.9 Å². The van der Waals surface area contributed by atoms with Gasteiger partial charge in [0.1, 0.15) is 0 Å². The Balaban J connectivity index is 2.06. The molecule has 1 unspecified atom stereocenters. The molecule has 1 atom stereocenters. The third-order valence-corrected chi connectivity index (χ3v) is 3.91. The fourth-order valence-corrected chi connectivity index (χ4v) is 2.64. The predicted molar refractivity (Wildman–Crippen MR) is 72.5 cm³/mol. The molecule has 0 saturated heterocycles. The topological polar surface area (TPSA) is 12.0 Å². The van der Waals surface area contributed by atoms with Crippen molar-refractivity contribution < 1.29 is 0 Å². The summed E-state index contributed by atoms with van der Waals surface area (Å²) < 4.78 is 1.24. The Hall–Kier alpha value is -0.340. The lowest BCUT2D eigenvalue weighted by Gasteiger charge is -2.20. The maximum absolute atomic E-state index is 3.67. The van der Waals surface area contributed by atoms with E-state index in [9.17, 15) is 0 Å². The van der Waals surface area contributed by atoms with Gasteiger partial charge in [-0.1, -0.05) is 53.9 Å². The van der Waals surface area contributed by atoms with Gasteiger partial charge in [-0.2, -0.15) is 0 Å². The van der Waals surface area contributed by atoms with Crippen molar-refractivity contribution in [2.75, 3.05) is 6.54 Å². The molecule has 0 spiro atoms. The number of hydrogen-bond donors (Lipinski definition) is 1. The first-order chi connectivity index (χ1) is 7.81. The molecule has 16 heavy (non-hydrogen) atoms. The van der Waals surface area contributed by atoms with Crippen LogP contribution < -0.4 is 5.32 Å². The lowest BCUT2D eigenvalue weighted by molar-refractivity contribution is 0.472. The van der Waals surface area contributed by atoms with Gasteiger partial charge >= 0.3 is 0 Å². The SMILES string of the molecule is CCCNC(CC1CC1)c1ccccc1Br. The standard InChI is InChI=1S/C14H20BrN/c1-2-9-16-14(10-11-7-8-11)12-5-3-4-6-13(12)15/h3-6,11,14,16H,2,7-10H2,1H3. The first-order valence-electron chi connectivity index (χ1n) is 6.29. The highest BCUT2D eigenvalue weighted by Gasteiger charge is 2.26. The minimum absolute atomic E-state index is 0.531. The summed E-state index contributed by atoms with van der Waals surface area (Å²) in [5, 5.41) is 3.67. The van der Waals surface area contributed by atoms with Crippen molar-refractivity contribution in [1.29, 1.82) is 0 Å². The van der Waals surface area contributed by atoms with Crippen LogP contribution in [0.2, 0.25) is 0 Å². The summed E-state index contributed by atoms with van der Waals surface area (Å²) >= 11 is 3.66. The van der Waals surface area contributed by atoms with Crippen LogP contribution in [-0.4, -0.2) is 6.54 Å². The molecule has 0 heterocycles. The van der Waals surface area contributed by atoms with E-state index in [0.29, 0.717) is 6.04 Å². The van der Waals surface area contributed by atoms with Crippen LogP contribution in [0.15, 0.2) is 28.7 Å². The molecule has 1 aliphatic carbocycles. The van der Waals surface area contributed by atoms with E-state index in [4.69, 9.17) is 0 Å². The average Bonchev–Trinajstić information content (AvgIpc) is 3.09. The lowest BCUT2D eigenvalue weighted by Crippen LogP contribution is -2.23. The molecule has 1 nitrogen and oxygen atoms in total. The van der Waals surface area contributed by atoms with Crippen LogP contribution in [0, 0.1) is 5.92 Å². The predicted octanol–water partition coefficient (Wildman–Crippen LogP) is 4.29. The molecule has 2 rings (SSSR count). The first-order valence-corrected chi connectivity index (χ1v) is 7.08. The molecular weight excluding hydrogens is 262 g/mol. The molecule has 1 aromatic carbocycles. The maximum atomic E-state index is 3.67. The molecule has 0 bridgehead atoms. The molecule has 0 radical (unpaired) electrons. The zero-order chi connectivity index (χ0) is 11.4. The second-order valence-electron chi connectivity index (χ2n) is 4.71. The molecule has 88 valence electrons. The second-order valence-corrected chi connectivity index (χ2v) is 5.56. The van der Waals surface area contributed by atoms with E-state index in [1.807, 2.05) is 0 Å². The summed E-state index contributed by atoms with van der Waals surface area (Å²) in [5.74, 6) is 0.960. The van der Waals surface area contributed by atoms with E-state index in [1.54, 1.807) is 0 Å². The van der Waals surface area contributed by atoms with E-state index in [-0.39, 0.29) is 0 Å². The van der Waals surface area contributed by atoms with Gasteiger partial charge in [-0.25, -0.2) is 0 Å². The summed E-state index contributed by atoms with van der Waals surface area (Å²) in [6.07, 6.45) is 5.34. The first kappa shape index (κ1) is 12.1. The number of rotatable bonds is 6. The van der Waals surface area contributed by atoms with E-state index in [0.717, 1.165) is 12.5 Å². The van der Waals surface area contributed by atoms with E-state index in [2.05, 4.69) is 52.4 Å². The second kappa shape index (κ2) is 5.83. The zero-order valence-electron chi connectivity index (χ0n) is 9.88. The Morgan fingerprint density at radius 2 is 2.12 bits per heavy atom. The van der Waals surface area contributed by atoms with Gasteiger partial charge in [0.05, 0.1) is 0 Å². The third kappa shape index (κ3) is 3.33. The maximum Gasteiger partial charge on any atom is 0.0334 e. The highest BCUT2D eigenvalue weighted by molar-refractivity contribution is 9.10. The molecule has 0 aliphatic heterocycles. The lowest BCUT2D eigenvalue weighted by atomic mass is 10.0. The Morgan fingerprint density at radius 1 is 1.38 bits per heavy atom. The van der Waals surface area contributed by atoms with Gasteiger partial charge < -0.3 is 5.32 Å². The number of nitrogens with one attached hydrogen (secondary N) is 1. The summed E-state index contributed by atoms with van der Waals surface area (Å²) in [6.45, 7) is 3.33. The quantitative estimate of drug-likeness (QED) is 0.820. The van der Waals surface area contributed by atoms with E-state index < -0.39 is 0 Å². The minimum atomic E-state index is 0.531. The molecule has 0 aromatic heterocycles. The van der Waals surface area contributed by atoms with Crippen LogP contribution in [0.3, 0.4) is 0 Å². The Bertz CT molecular complexity index is 333. The van der Waals surface area contributed by atoms with Crippen LogP contribution in [-0.2, 0) is 0 Å². The zero-order valence-corrected chi connectivity index (χ0v) is 11.5. The summed E-state index contributed by atoms with van der Waals surface area (Å²) in [4.78, 5) is 0. The van der Waals surface area contributed by atoms with Crippen LogP contribution in [0.5, 0.6) is 0 Å². The van der Waals surface area contributed by atoms with Crippen molar-refractivity contribution in [3.05, 3.63) is 34.3 Å². The molecule has 1 saturated carbocycles. The fraction of sp³-hybridized carbons (Fsp3) is 0.571. The molecule has 2 heteroatoms. The number of hydrogen-bond acceptors (Lipinski definition) is 1. The highest BCUT2D eigenvalue weighted by atomic mass is 79.9. The molecular formula is C14H20BrN. The van der Waals surface area contributed by atoms with Crippen molar-refractivity contribution in [3.8, 4) is 0 Å². The monoisotopic (exact) mass is 281 g/mol. The van der Waals surface area contributed by atoms with Gasteiger partial charge in [-0.15, -0.1) is 0 Å². The van der Waals surface area contributed by atoms with Crippen molar-refractivity contribution in [2.24, 2.45) is 5.92 Å².